The number of halogens is 3. The van der Waals surface area contributed by atoms with E-state index >= 15 is 0 Å². The van der Waals surface area contributed by atoms with Crippen molar-refractivity contribution in [2.45, 2.75) is 44.9 Å². The number of nitrogens with one attached hydrogen (secondary N) is 2. The van der Waals surface area contributed by atoms with Crippen LogP contribution < -0.4 is 21.1 Å². The number of benzodiazepines with no additional fused rings is 1. The van der Waals surface area contributed by atoms with Crippen molar-refractivity contribution in [3.05, 3.63) is 59.7 Å². The maximum absolute atomic E-state index is 13.3. The van der Waals surface area contributed by atoms with E-state index in [2.05, 4.69) is 15.6 Å². The van der Waals surface area contributed by atoms with Crippen LogP contribution in [0.4, 0.5) is 18.9 Å². The zero-order chi connectivity index (χ0) is 27.2. The number of para-hydroxylation sites is 1. The van der Waals surface area contributed by atoms with E-state index in [9.17, 15) is 27.6 Å². The second kappa shape index (κ2) is 11.9. The van der Waals surface area contributed by atoms with Crippen molar-refractivity contribution < 1.29 is 32.3 Å². The van der Waals surface area contributed by atoms with Gasteiger partial charge in [-0.3, -0.25) is 14.4 Å². The van der Waals surface area contributed by atoms with Crippen molar-refractivity contribution in [2.24, 2.45) is 22.6 Å². The van der Waals surface area contributed by atoms with Crippen LogP contribution in [0.25, 0.3) is 0 Å². The zero-order valence-electron chi connectivity index (χ0n) is 20.5. The van der Waals surface area contributed by atoms with Gasteiger partial charge in [0.05, 0.1) is 18.5 Å². The zero-order valence-corrected chi connectivity index (χ0v) is 20.5. The van der Waals surface area contributed by atoms with Gasteiger partial charge in [0.2, 0.25) is 18.0 Å². The molecule has 0 saturated heterocycles. The van der Waals surface area contributed by atoms with Gasteiger partial charge in [0.25, 0.3) is 5.91 Å². The van der Waals surface area contributed by atoms with Crippen LogP contribution >= 0.6 is 0 Å². The number of hydrogen-bond donors (Lipinski definition) is 3. The van der Waals surface area contributed by atoms with Gasteiger partial charge in [0.15, 0.2) is 0 Å². The number of primary amides is 1. The first kappa shape index (κ1) is 27.7. The monoisotopic (exact) mass is 518 g/mol. The molecule has 198 valence electrons. The molecule has 1 heterocycles. The first-order valence-electron chi connectivity index (χ1n) is 11.8. The van der Waals surface area contributed by atoms with Crippen molar-refractivity contribution in [1.82, 2.24) is 5.32 Å². The predicted molar refractivity (Wildman–Crippen MR) is 132 cm³/mol. The van der Waals surface area contributed by atoms with Gasteiger partial charge in [-0.25, -0.2) is 4.99 Å². The minimum atomic E-state index is -4.54. The van der Waals surface area contributed by atoms with Crippen molar-refractivity contribution >= 4 is 29.1 Å². The van der Waals surface area contributed by atoms with E-state index in [1.165, 1.54) is 7.11 Å². The fraction of sp³-hybridized carbons (Fsp3) is 0.385. The van der Waals surface area contributed by atoms with Crippen LogP contribution in [0.2, 0.25) is 0 Å². The molecule has 3 rings (SSSR count). The van der Waals surface area contributed by atoms with Crippen LogP contribution in [-0.4, -0.2) is 42.9 Å². The molecular weight excluding hydrogens is 489 g/mol. The molecule has 2 aromatic carbocycles. The van der Waals surface area contributed by atoms with Crippen LogP contribution in [0.5, 0.6) is 5.75 Å². The second-order valence-corrected chi connectivity index (χ2v) is 8.68. The van der Waals surface area contributed by atoms with Crippen molar-refractivity contribution in [2.75, 3.05) is 12.4 Å². The fourth-order valence-electron chi connectivity index (χ4n) is 4.33. The molecular formula is C26H29F3N4O4. The first-order valence-corrected chi connectivity index (χ1v) is 11.8. The molecule has 1 aliphatic rings. The lowest BCUT2D eigenvalue weighted by molar-refractivity contribution is -0.146. The Balaban J connectivity index is 2.01. The maximum Gasteiger partial charge on any atom is 0.389 e. The first-order chi connectivity index (χ1) is 17.6. The Morgan fingerprint density at radius 3 is 2.41 bits per heavy atom. The summed E-state index contributed by atoms with van der Waals surface area (Å²) in [7, 11) is 1.44. The standard InChI is InChI=1S/C26H29F3N4O4/c1-3-8-16(22(30)34)17(13-14-26(27,28)29)24(35)33-23-25(36)32-21-18(11-7-12-19(21)37-2)20(31-23)15-9-5-4-6-10-15/h4-7,9-12,16-17,23H,3,8,13-14H2,1-2H3,(H2,30,34)(H,32,36)(H,33,35)/t16-,17+,23+/m0/s1. The Bertz CT molecular complexity index is 1170. The average molecular weight is 519 g/mol. The van der Waals surface area contributed by atoms with Crippen molar-refractivity contribution in [3.63, 3.8) is 0 Å². The lowest BCUT2D eigenvalue weighted by Gasteiger charge is -2.25. The average Bonchev–Trinajstić information content (AvgIpc) is 2.99. The van der Waals surface area contributed by atoms with Gasteiger partial charge in [0, 0.05) is 29.4 Å². The van der Waals surface area contributed by atoms with E-state index < -0.39 is 54.7 Å². The van der Waals surface area contributed by atoms with Gasteiger partial charge in [-0.15, -0.1) is 0 Å². The second-order valence-electron chi connectivity index (χ2n) is 8.68. The summed E-state index contributed by atoms with van der Waals surface area (Å²) in [6.45, 7) is 1.73. The van der Waals surface area contributed by atoms with Crippen LogP contribution in [0.15, 0.2) is 53.5 Å². The number of carbonyl (C=O) groups is 3. The number of rotatable bonds is 10. The molecule has 0 aromatic heterocycles. The molecule has 8 nitrogen and oxygen atoms in total. The minimum Gasteiger partial charge on any atom is -0.495 e. The summed E-state index contributed by atoms with van der Waals surface area (Å²) in [6.07, 6.45) is -7.40. The highest BCUT2D eigenvalue weighted by atomic mass is 19.4. The molecule has 0 radical (unpaired) electrons. The lowest BCUT2D eigenvalue weighted by atomic mass is 9.83. The highest BCUT2D eigenvalue weighted by Gasteiger charge is 2.38. The normalized spacial score (nSPS) is 16.9. The summed E-state index contributed by atoms with van der Waals surface area (Å²) in [5, 5.41) is 5.16. The van der Waals surface area contributed by atoms with E-state index in [1.54, 1.807) is 55.5 Å². The number of methoxy groups -OCH3 is 1. The quantitative estimate of drug-likeness (QED) is 0.443. The summed E-state index contributed by atoms with van der Waals surface area (Å²) in [5.41, 5.74) is 7.33. The Kier molecular flexibility index (Phi) is 8.90. The Morgan fingerprint density at radius 1 is 1.11 bits per heavy atom. The van der Waals surface area contributed by atoms with E-state index in [-0.39, 0.29) is 6.42 Å². The van der Waals surface area contributed by atoms with Gasteiger partial charge in [0.1, 0.15) is 5.75 Å². The van der Waals surface area contributed by atoms with Crippen LogP contribution in [-0.2, 0) is 14.4 Å². The predicted octanol–water partition coefficient (Wildman–Crippen LogP) is 3.79. The van der Waals surface area contributed by atoms with Gasteiger partial charge in [-0.1, -0.05) is 55.8 Å². The number of amides is 3. The molecule has 0 unspecified atom stereocenters. The van der Waals surface area contributed by atoms with Crippen molar-refractivity contribution in [1.29, 1.82) is 0 Å². The van der Waals surface area contributed by atoms with Crippen LogP contribution in [0.3, 0.4) is 0 Å². The lowest BCUT2D eigenvalue weighted by Crippen LogP contribution is -2.48. The molecule has 0 bridgehead atoms. The molecule has 0 aliphatic carbocycles. The van der Waals surface area contributed by atoms with E-state index in [0.29, 0.717) is 34.7 Å². The highest BCUT2D eigenvalue weighted by Crippen LogP contribution is 2.33. The number of carbonyl (C=O) groups excluding carboxylic acids is 3. The number of anilines is 1. The number of ether oxygens (including phenoxy) is 1. The van der Waals surface area contributed by atoms with E-state index in [4.69, 9.17) is 10.5 Å². The molecule has 0 fully saturated rings. The summed E-state index contributed by atoms with van der Waals surface area (Å²) < 4.78 is 44.4. The third kappa shape index (κ3) is 6.87. The molecule has 3 amide bonds. The third-order valence-electron chi connectivity index (χ3n) is 6.11. The van der Waals surface area contributed by atoms with E-state index in [1.807, 2.05) is 0 Å². The molecule has 3 atom stereocenters. The number of alkyl halides is 3. The molecule has 11 heteroatoms. The summed E-state index contributed by atoms with van der Waals surface area (Å²) in [6, 6.07) is 14.0. The smallest absolute Gasteiger partial charge is 0.389 e. The number of benzene rings is 2. The molecule has 0 spiro atoms. The van der Waals surface area contributed by atoms with Crippen LogP contribution in [0, 0.1) is 11.8 Å². The largest absolute Gasteiger partial charge is 0.495 e. The van der Waals surface area contributed by atoms with Gasteiger partial charge in [-0.05, 0) is 18.9 Å². The number of fused-ring (bicyclic) bond motifs is 1. The summed E-state index contributed by atoms with van der Waals surface area (Å²) in [4.78, 5) is 43.0. The molecule has 0 saturated carbocycles. The third-order valence-corrected chi connectivity index (χ3v) is 6.11. The molecule has 4 N–H and O–H groups in total. The molecule has 1 aliphatic heterocycles. The molecule has 2 aromatic rings. The minimum absolute atomic E-state index is 0.128. The summed E-state index contributed by atoms with van der Waals surface area (Å²) in [5.74, 6) is -4.65. The Labute approximate surface area is 212 Å². The maximum atomic E-state index is 13.3. The van der Waals surface area contributed by atoms with Gasteiger partial charge < -0.3 is 21.1 Å². The van der Waals surface area contributed by atoms with Gasteiger partial charge >= 0.3 is 6.18 Å². The number of aliphatic imine (C=N–C) groups is 1. The number of hydrogen-bond acceptors (Lipinski definition) is 5. The van der Waals surface area contributed by atoms with E-state index in [0.717, 1.165) is 0 Å². The van der Waals surface area contributed by atoms with Gasteiger partial charge in [-0.2, -0.15) is 13.2 Å². The summed E-state index contributed by atoms with van der Waals surface area (Å²) >= 11 is 0. The highest BCUT2D eigenvalue weighted by molar-refractivity contribution is 6.20. The van der Waals surface area contributed by atoms with Crippen molar-refractivity contribution in [3.8, 4) is 5.75 Å². The van der Waals surface area contributed by atoms with Crippen LogP contribution in [0.1, 0.15) is 43.7 Å². The fourth-order valence-corrected chi connectivity index (χ4v) is 4.33. The Hall–Kier alpha value is -3.89. The molecule has 37 heavy (non-hydrogen) atoms. The Morgan fingerprint density at radius 2 is 1.81 bits per heavy atom. The topological polar surface area (TPSA) is 123 Å². The number of nitrogens with zero attached hydrogens (tertiary/aromatic N) is 1. The number of nitrogens with two attached hydrogens (primary N) is 1. The SMILES string of the molecule is CCC[C@H](C(N)=O)[C@@H](CCC(F)(F)F)C(=O)N[C@H]1N=C(c2ccccc2)c2cccc(OC)c2NC1=O.